The third-order valence-electron chi connectivity index (χ3n) is 4.51. The molecule has 1 saturated carbocycles. The van der Waals surface area contributed by atoms with Crippen LogP contribution in [0.15, 0.2) is 0 Å². The van der Waals surface area contributed by atoms with Crippen LogP contribution >= 0.6 is 0 Å². The van der Waals surface area contributed by atoms with E-state index >= 15 is 0 Å². The van der Waals surface area contributed by atoms with Crippen LogP contribution in [-0.4, -0.2) is 62.7 Å². The van der Waals surface area contributed by atoms with Crippen molar-refractivity contribution in [3.8, 4) is 0 Å². The Morgan fingerprint density at radius 3 is 2.42 bits per heavy atom. The van der Waals surface area contributed by atoms with Gasteiger partial charge in [0.2, 0.25) is 0 Å². The molecule has 1 rings (SSSR count). The van der Waals surface area contributed by atoms with Gasteiger partial charge in [0.1, 0.15) is 0 Å². The molecule has 1 aliphatic rings. The molecule has 0 heterocycles. The van der Waals surface area contributed by atoms with Gasteiger partial charge in [0.05, 0.1) is 0 Å². The first kappa shape index (κ1) is 16.9. The molecule has 0 aromatic heterocycles. The molecule has 114 valence electrons. The van der Waals surface area contributed by atoms with Crippen LogP contribution in [0.4, 0.5) is 0 Å². The molecule has 1 N–H and O–H groups in total. The fourth-order valence-electron chi connectivity index (χ4n) is 3.31. The lowest BCUT2D eigenvalue weighted by Crippen LogP contribution is -2.53. The van der Waals surface area contributed by atoms with E-state index in [1.807, 2.05) is 0 Å². The second-order valence-electron chi connectivity index (χ2n) is 7.28. The molecule has 0 bridgehead atoms. The van der Waals surface area contributed by atoms with Gasteiger partial charge in [-0.25, -0.2) is 0 Å². The highest BCUT2D eigenvalue weighted by molar-refractivity contribution is 4.93. The Morgan fingerprint density at radius 2 is 1.84 bits per heavy atom. The van der Waals surface area contributed by atoms with Gasteiger partial charge in [0, 0.05) is 12.1 Å². The third kappa shape index (κ3) is 5.80. The predicted molar refractivity (Wildman–Crippen MR) is 84.7 cm³/mol. The summed E-state index contributed by atoms with van der Waals surface area (Å²) in [4.78, 5) is 4.87. The molecule has 0 saturated heterocycles. The predicted octanol–water partition coefficient (Wildman–Crippen LogP) is 2.43. The summed E-state index contributed by atoms with van der Waals surface area (Å²) in [6.45, 7) is 10.6. The average Bonchev–Trinajstić information content (AvgIpc) is 2.30. The molecule has 1 aliphatic carbocycles. The van der Waals surface area contributed by atoms with Crippen LogP contribution in [0.3, 0.4) is 0 Å². The number of hydrogen-bond donors (Lipinski definition) is 1. The van der Waals surface area contributed by atoms with Gasteiger partial charge in [-0.1, -0.05) is 20.8 Å². The Morgan fingerprint density at radius 1 is 1.16 bits per heavy atom. The summed E-state index contributed by atoms with van der Waals surface area (Å²) in [6.07, 6.45) is 5.26. The Bertz CT molecular complexity index is 250. The van der Waals surface area contributed by atoms with Gasteiger partial charge in [0.25, 0.3) is 0 Å². The van der Waals surface area contributed by atoms with Gasteiger partial charge in [-0.2, -0.15) is 0 Å². The summed E-state index contributed by atoms with van der Waals surface area (Å²) in [6, 6.07) is 1.38. The van der Waals surface area contributed by atoms with Crippen molar-refractivity contribution in [3.63, 3.8) is 0 Å². The standard InChI is InChI=1S/C16H35N3/c1-7-17-14-9-10-16(2,3)13-15(14)19(6)12-8-11-18(4)5/h14-15,17H,7-13H2,1-6H3. The van der Waals surface area contributed by atoms with Gasteiger partial charge in [-0.15, -0.1) is 0 Å². The van der Waals surface area contributed by atoms with Crippen molar-refractivity contribution in [1.82, 2.24) is 15.1 Å². The fourth-order valence-corrected chi connectivity index (χ4v) is 3.31. The molecule has 19 heavy (non-hydrogen) atoms. The lowest BCUT2D eigenvalue weighted by atomic mass is 9.72. The number of likely N-dealkylation sites (N-methyl/N-ethyl adjacent to an activating group) is 2. The highest BCUT2D eigenvalue weighted by Crippen LogP contribution is 2.37. The van der Waals surface area contributed by atoms with E-state index < -0.39 is 0 Å². The van der Waals surface area contributed by atoms with Gasteiger partial charge >= 0.3 is 0 Å². The maximum absolute atomic E-state index is 3.70. The number of nitrogens with zero attached hydrogens (tertiary/aromatic N) is 2. The molecule has 2 atom stereocenters. The van der Waals surface area contributed by atoms with Crippen molar-refractivity contribution in [2.45, 2.75) is 58.5 Å². The number of nitrogens with one attached hydrogen (secondary N) is 1. The molecular weight excluding hydrogens is 234 g/mol. The van der Waals surface area contributed by atoms with Crippen LogP contribution in [-0.2, 0) is 0 Å². The van der Waals surface area contributed by atoms with Crippen LogP contribution in [0, 0.1) is 5.41 Å². The van der Waals surface area contributed by atoms with Crippen molar-refractivity contribution < 1.29 is 0 Å². The van der Waals surface area contributed by atoms with Crippen molar-refractivity contribution in [2.75, 3.05) is 40.8 Å². The summed E-state index contributed by atoms with van der Waals surface area (Å²) in [5.41, 5.74) is 0.506. The van der Waals surface area contributed by atoms with E-state index in [2.05, 4.69) is 57.0 Å². The van der Waals surface area contributed by atoms with E-state index in [1.165, 1.54) is 38.8 Å². The minimum atomic E-state index is 0.506. The maximum Gasteiger partial charge on any atom is 0.0251 e. The average molecular weight is 269 g/mol. The smallest absolute Gasteiger partial charge is 0.0251 e. The molecule has 3 nitrogen and oxygen atoms in total. The Kier molecular flexibility index (Phi) is 6.78. The Balaban J connectivity index is 2.52. The van der Waals surface area contributed by atoms with Gasteiger partial charge in [0.15, 0.2) is 0 Å². The molecule has 0 aliphatic heterocycles. The lowest BCUT2D eigenvalue weighted by molar-refractivity contribution is 0.0805. The molecule has 0 aromatic rings. The van der Waals surface area contributed by atoms with Crippen LogP contribution in [0.25, 0.3) is 0 Å². The highest BCUT2D eigenvalue weighted by atomic mass is 15.2. The first-order valence-corrected chi connectivity index (χ1v) is 7.94. The fraction of sp³-hybridized carbons (Fsp3) is 1.00. The van der Waals surface area contributed by atoms with E-state index in [9.17, 15) is 0 Å². The molecule has 0 amide bonds. The summed E-state index contributed by atoms with van der Waals surface area (Å²) >= 11 is 0. The zero-order chi connectivity index (χ0) is 14.5. The molecule has 2 unspecified atom stereocenters. The summed E-state index contributed by atoms with van der Waals surface area (Å²) in [7, 11) is 6.63. The number of hydrogen-bond acceptors (Lipinski definition) is 3. The van der Waals surface area contributed by atoms with Gasteiger partial charge in [-0.05, 0) is 71.9 Å². The summed E-state index contributed by atoms with van der Waals surface area (Å²) < 4.78 is 0. The minimum absolute atomic E-state index is 0.506. The quantitative estimate of drug-likeness (QED) is 0.766. The first-order valence-electron chi connectivity index (χ1n) is 7.94. The third-order valence-corrected chi connectivity index (χ3v) is 4.51. The first-order chi connectivity index (χ1) is 8.85. The zero-order valence-corrected chi connectivity index (χ0v) is 14.0. The van der Waals surface area contributed by atoms with Crippen molar-refractivity contribution >= 4 is 0 Å². The molecule has 3 heteroatoms. The normalized spacial score (nSPS) is 27.2. The molecular formula is C16H35N3. The van der Waals surface area contributed by atoms with Gasteiger partial charge in [-0.3, -0.25) is 0 Å². The van der Waals surface area contributed by atoms with Crippen LogP contribution in [0.1, 0.15) is 46.5 Å². The minimum Gasteiger partial charge on any atom is -0.313 e. The number of rotatable bonds is 7. The highest BCUT2D eigenvalue weighted by Gasteiger charge is 2.36. The zero-order valence-electron chi connectivity index (χ0n) is 14.0. The Labute approximate surface area is 120 Å². The molecule has 0 radical (unpaired) electrons. The van der Waals surface area contributed by atoms with E-state index in [0.717, 1.165) is 6.54 Å². The van der Waals surface area contributed by atoms with Crippen LogP contribution in [0.5, 0.6) is 0 Å². The largest absolute Gasteiger partial charge is 0.313 e. The monoisotopic (exact) mass is 269 g/mol. The molecule has 0 spiro atoms. The van der Waals surface area contributed by atoms with E-state index in [4.69, 9.17) is 0 Å². The van der Waals surface area contributed by atoms with Crippen LogP contribution in [0.2, 0.25) is 0 Å². The summed E-state index contributed by atoms with van der Waals surface area (Å²) in [5, 5.41) is 3.70. The SMILES string of the molecule is CCNC1CCC(C)(C)CC1N(C)CCCN(C)C. The van der Waals surface area contributed by atoms with Crippen molar-refractivity contribution in [2.24, 2.45) is 5.41 Å². The van der Waals surface area contributed by atoms with E-state index in [0.29, 0.717) is 17.5 Å². The van der Waals surface area contributed by atoms with E-state index in [-0.39, 0.29) is 0 Å². The van der Waals surface area contributed by atoms with E-state index in [1.54, 1.807) is 0 Å². The van der Waals surface area contributed by atoms with Crippen molar-refractivity contribution in [3.05, 3.63) is 0 Å². The Hall–Kier alpha value is -0.120. The maximum atomic E-state index is 3.70. The summed E-state index contributed by atoms with van der Waals surface area (Å²) in [5.74, 6) is 0. The van der Waals surface area contributed by atoms with Crippen LogP contribution < -0.4 is 5.32 Å². The van der Waals surface area contributed by atoms with Gasteiger partial charge < -0.3 is 15.1 Å². The second-order valence-corrected chi connectivity index (χ2v) is 7.28. The molecule has 0 aromatic carbocycles. The molecule has 1 fully saturated rings. The van der Waals surface area contributed by atoms with Crippen molar-refractivity contribution in [1.29, 1.82) is 0 Å². The topological polar surface area (TPSA) is 18.5 Å². The lowest BCUT2D eigenvalue weighted by Gasteiger charge is -2.45. The second kappa shape index (κ2) is 7.61.